The van der Waals surface area contributed by atoms with Gasteiger partial charge in [0.1, 0.15) is 0 Å². The Kier molecular flexibility index (Phi) is 4.74. The summed E-state index contributed by atoms with van der Waals surface area (Å²) in [5.74, 6) is 0.108. The minimum atomic E-state index is -0.467. The van der Waals surface area contributed by atoms with Crippen molar-refractivity contribution in [1.29, 1.82) is 0 Å². The van der Waals surface area contributed by atoms with Crippen LogP contribution in [0.25, 0.3) is 0 Å². The van der Waals surface area contributed by atoms with Crippen molar-refractivity contribution >= 4 is 5.91 Å². The van der Waals surface area contributed by atoms with Crippen molar-refractivity contribution in [3.63, 3.8) is 0 Å². The SMILES string of the molecule is CCC(C)(CN)C(=O)N(CCO)C1CCC1. The van der Waals surface area contributed by atoms with Crippen molar-refractivity contribution in [3.8, 4) is 0 Å². The molecular weight excluding hydrogens is 204 g/mol. The predicted molar refractivity (Wildman–Crippen MR) is 63.9 cm³/mol. The third-order valence-electron chi connectivity index (χ3n) is 3.86. The Morgan fingerprint density at radius 2 is 2.19 bits per heavy atom. The van der Waals surface area contributed by atoms with Crippen LogP contribution in [0.1, 0.15) is 39.5 Å². The molecule has 0 spiro atoms. The molecule has 0 saturated heterocycles. The largest absolute Gasteiger partial charge is 0.395 e. The zero-order valence-corrected chi connectivity index (χ0v) is 10.4. The molecule has 0 aromatic heterocycles. The summed E-state index contributed by atoms with van der Waals surface area (Å²) in [6, 6.07) is 0.331. The highest BCUT2D eigenvalue weighted by Gasteiger charge is 2.38. The lowest BCUT2D eigenvalue weighted by molar-refractivity contribution is -0.145. The molecule has 1 unspecified atom stereocenters. The highest BCUT2D eigenvalue weighted by Crippen LogP contribution is 2.30. The topological polar surface area (TPSA) is 66.6 Å². The molecule has 1 aliphatic carbocycles. The second-order valence-corrected chi connectivity index (χ2v) is 4.93. The number of nitrogens with zero attached hydrogens (tertiary/aromatic N) is 1. The van der Waals surface area contributed by atoms with Crippen LogP contribution < -0.4 is 5.73 Å². The molecule has 1 saturated carbocycles. The zero-order chi connectivity index (χ0) is 12.2. The summed E-state index contributed by atoms with van der Waals surface area (Å²) in [7, 11) is 0. The highest BCUT2D eigenvalue weighted by molar-refractivity contribution is 5.83. The molecule has 1 rings (SSSR count). The van der Waals surface area contributed by atoms with Gasteiger partial charge < -0.3 is 15.7 Å². The molecule has 1 amide bonds. The van der Waals surface area contributed by atoms with Gasteiger partial charge in [0.2, 0.25) is 5.91 Å². The van der Waals surface area contributed by atoms with Crippen LogP contribution in [0.4, 0.5) is 0 Å². The number of nitrogens with two attached hydrogens (primary N) is 1. The fourth-order valence-electron chi connectivity index (χ4n) is 1.99. The van der Waals surface area contributed by atoms with Gasteiger partial charge in [-0.2, -0.15) is 0 Å². The van der Waals surface area contributed by atoms with Gasteiger partial charge in [-0.15, -0.1) is 0 Å². The number of amides is 1. The van der Waals surface area contributed by atoms with Gasteiger partial charge in [-0.1, -0.05) is 6.92 Å². The number of hydrogen-bond donors (Lipinski definition) is 2. The van der Waals surface area contributed by atoms with E-state index in [2.05, 4.69) is 0 Å². The Labute approximate surface area is 97.8 Å². The molecule has 94 valence electrons. The van der Waals surface area contributed by atoms with E-state index in [0.29, 0.717) is 19.1 Å². The number of aliphatic hydroxyl groups is 1. The molecule has 16 heavy (non-hydrogen) atoms. The second-order valence-electron chi connectivity index (χ2n) is 4.93. The number of carbonyl (C=O) groups excluding carboxylic acids is 1. The number of rotatable bonds is 6. The third kappa shape index (κ3) is 2.55. The molecule has 4 heteroatoms. The molecule has 0 bridgehead atoms. The van der Waals surface area contributed by atoms with Crippen LogP contribution in [0.3, 0.4) is 0 Å². The molecule has 0 radical (unpaired) electrons. The molecule has 1 aliphatic rings. The van der Waals surface area contributed by atoms with E-state index in [1.54, 1.807) is 0 Å². The van der Waals surface area contributed by atoms with Crippen LogP contribution in [0.5, 0.6) is 0 Å². The first-order chi connectivity index (χ1) is 7.59. The minimum absolute atomic E-state index is 0.0343. The van der Waals surface area contributed by atoms with E-state index >= 15 is 0 Å². The van der Waals surface area contributed by atoms with Crippen molar-refractivity contribution in [2.75, 3.05) is 19.7 Å². The lowest BCUT2D eigenvalue weighted by Crippen LogP contribution is -2.53. The number of aliphatic hydroxyl groups excluding tert-OH is 1. The molecule has 1 atom stereocenters. The van der Waals surface area contributed by atoms with E-state index < -0.39 is 5.41 Å². The average Bonchev–Trinajstić information content (AvgIpc) is 2.24. The summed E-state index contributed by atoms with van der Waals surface area (Å²) in [6.45, 7) is 4.75. The smallest absolute Gasteiger partial charge is 0.230 e. The molecule has 4 nitrogen and oxygen atoms in total. The molecule has 3 N–H and O–H groups in total. The van der Waals surface area contributed by atoms with Crippen molar-refractivity contribution in [3.05, 3.63) is 0 Å². The maximum absolute atomic E-state index is 12.4. The summed E-state index contributed by atoms with van der Waals surface area (Å²) in [6.07, 6.45) is 4.06. The predicted octanol–water partition coefficient (Wildman–Crippen LogP) is 0.735. The Bertz CT molecular complexity index is 235. The zero-order valence-electron chi connectivity index (χ0n) is 10.4. The molecule has 0 aliphatic heterocycles. The summed E-state index contributed by atoms with van der Waals surface area (Å²) in [5.41, 5.74) is 5.23. The van der Waals surface area contributed by atoms with E-state index in [-0.39, 0.29) is 12.5 Å². The Morgan fingerprint density at radius 1 is 1.56 bits per heavy atom. The van der Waals surface area contributed by atoms with E-state index in [1.807, 2.05) is 18.7 Å². The van der Waals surface area contributed by atoms with E-state index in [0.717, 1.165) is 19.3 Å². The first-order valence-electron chi connectivity index (χ1n) is 6.21. The Hall–Kier alpha value is -0.610. The summed E-state index contributed by atoms with van der Waals surface area (Å²) in [5, 5.41) is 9.04. The Balaban J connectivity index is 2.72. The molecule has 0 heterocycles. The van der Waals surface area contributed by atoms with Crippen LogP contribution in [-0.2, 0) is 4.79 Å². The standard InChI is InChI=1S/C12H24N2O2/c1-3-12(2,9-13)11(16)14(7-8-15)10-5-4-6-10/h10,15H,3-9,13H2,1-2H3. The molecule has 1 fully saturated rings. The van der Waals surface area contributed by atoms with Crippen LogP contribution in [0.15, 0.2) is 0 Å². The maximum atomic E-state index is 12.4. The van der Waals surface area contributed by atoms with E-state index in [1.165, 1.54) is 6.42 Å². The van der Waals surface area contributed by atoms with Gasteiger partial charge in [-0.05, 0) is 32.6 Å². The van der Waals surface area contributed by atoms with E-state index in [9.17, 15) is 4.79 Å². The van der Waals surface area contributed by atoms with Crippen molar-refractivity contribution in [1.82, 2.24) is 4.90 Å². The van der Waals surface area contributed by atoms with Crippen molar-refractivity contribution in [2.45, 2.75) is 45.6 Å². The highest BCUT2D eigenvalue weighted by atomic mass is 16.3. The van der Waals surface area contributed by atoms with Gasteiger partial charge in [-0.25, -0.2) is 0 Å². The van der Waals surface area contributed by atoms with Gasteiger partial charge >= 0.3 is 0 Å². The summed E-state index contributed by atoms with van der Waals surface area (Å²) >= 11 is 0. The third-order valence-corrected chi connectivity index (χ3v) is 3.86. The van der Waals surface area contributed by atoms with Crippen molar-refractivity contribution in [2.24, 2.45) is 11.1 Å². The van der Waals surface area contributed by atoms with Gasteiger partial charge in [0.25, 0.3) is 0 Å². The Morgan fingerprint density at radius 3 is 2.50 bits per heavy atom. The first kappa shape index (κ1) is 13.5. The van der Waals surface area contributed by atoms with Crippen molar-refractivity contribution < 1.29 is 9.90 Å². The number of carbonyl (C=O) groups is 1. The summed E-state index contributed by atoms with van der Waals surface area (Å²) in [4.78, 5) is 14.2. The average molecular weight is 228 g/mol. The van der Waals surface area contributed by atoms with E-state index in [4.69, 9.17) is 10.8 Å². The molecule has 0 aromatic carbocycles. The van der Waals surface area contributed by atoms with Gasteiger partial charge in [0, 0.05) is 19.1 Å². The number of hydrogen-bond acceptors (Lipinski definition) is 3. The lowest BCUT2D eigenvalue weighted by atomic mass is 9.83. The summed E-state index contributed by atoms with van der Waals surface area (Å²) < 4.78 is 0. The molecular formula is C12H24N2O2. The van der Waals surface area contributed by atoms with Gasteiger partial charge in [-0.3, -0.25) is 4.79 Å². The fraction of sp³-hybridized carbons (Fsp3) is 0.917. The van der Waals surface area contributed by atoms with Crippen LogP contribution in [0.2, 0.25) is 0 Å². The molecule has 0 aromatic rings. The van der Waals surface area contributed by atoms with Gasteiger partial charge in [0.05, 0.1) is 12.0 Å². The maximum Gasteiger partial charge on any atom is 0.230 e. The normalized spacial score (nSPS) is 20.0. The lowest BCUT2D eigenvalue weighted by Gasteiger charge is -2.41. The quantitative estimate of drug-likeness (QED) is 0.704. The monoisotopic (exact) mass is 228 g/mol. The first-order valence-corrected chi connectivity index (χ1v) is 6.21. The van der Waals surface area contributed by atoms with Crippen LogP contribution >= 0.6 is 0 Å². The van der Waals surface area contributed by atoms with Crippen LogP contribution in [0, 0.1) is 5.41 Å². The minimum Gasteiger partial charge on any atom is -0.395 e. The second kappa shape index (κ2) is 5.64. The van der Waals surface area contributed by atoms with Crippen LogP contribution in [-0.4, -0.2) is 41.7 Å². The van der Waals surface area contributed by atoms with Gasteiger partial charge in [0.15, 0.2) is 0 Å². The fourth-order valence-corrected chi connectivity index (χ4v) is 1.99.